The summed E-state index contributed by atoms with van der Waals surface area (Å²) in [4.78, 5) is 18.3. The highest BCUT2D eigenvalue weighted by atomic mass is 19.4. The molecule has 0 aliphatic carbocycles. The van der Waals surface area contributed by atoms with Crippen LogP contribution in [-0.2, 0) is 17.5 Å². The molecule has 0 saturated carbocycles. The molecule has 31 heavy (non-hydrogen) atoms. The molecule has 0 spiro atoms. The van der Waals surface area contributed by atoms with Crippen LogP contribution < -0.4 is 4.74 Å². The van der Waals surface area contributed by atoms with Gasteiger partial charge >= 0.3 is 6.18 Å². The van der Waals surface area contributed by atoms with Gasteiger partial charge in [-0.05, 0) is 55.3 Å². The molecule has 0 N–H and O–H groups in total. The number of halogens is 3. The first-order valence-electron chi connectivity index (χ1n) is 9.87. The van der Waals surface area contributed by atoms with E-state index in [-0.39, 0.29) is 24.8 Å². The molecule has 2 aromatic carbocycles. The quantitative estimate of drug-likeness (QED) is 0.548. The first kappa shape index (κ1) is 20.9. The van der Waals surface area contributed by atoms with E-state index in [1.807, 2.05) is 6.92 Å². The van der Waals surface area contributed by atoms with E-state index in [9.17, 15) is 18.0 Å². The van der Waals surface area contributed by atoms with Crippen LogP contribution in [0.2, 0.25) is 0 Å². The third kappa shape index (κ3) is 4.55. The number of carbonyl (C=O) groups is 1. The van der Waals surface area contributed by atoms with Crippen molar-refractivity contribution in [3.63, 3.8) is 0 Å². The SMILES string of the molecule is CCOc1ccc(-c2noc(C3CCC(=O)N3Cc3cccc(C(F)(F)F)c3)n2)cc1. The van der Waals surface area contributed by atoms with Crippen molar-refractivity contribution < 1.29 is 27.2 Å². The smallest absolute Gasteiger partial charge is 0.416 e. The maximum atomic E-state index is 13.0. The first-order valence-corrected chi connectivity index (χ1v) is 9.87. The van der Waals surface area contributed by atoms with Gasteiger partial charge in [0.2, 0.25) is 17.6 Å². The fraction of sp³-hybridized carbons (Fsp3) is 0.318. The second kappa shape index (κ2) is 8.41. The zero-order valence-electron chi connectivity index (χ0n) is 16.7. The summed E-state index contributed by atoms with van der Waals surface area (Å²) in [6, 6.07) is 11.7. The lowest BCUT2D eigenvalue weighted by molar-refractivity contribution is -0.137. The van der Waals surface area contributed by atoms with E-state index >= 15 is 0 Å². The second-order valence-corrected chi connectivity index (χ2v) is 7.19. The van der Waals surface area contributed by atoms with Crippen LogP contribution in [0.5, 0.6) is 5.75 Å². The molecule has 0 bridgehead atoms. The van der Waals surface area contributed by atoms with E-state index in [2.05, 4.69) is 10.1 Å². The summed E-state index contributed by atoms with van der Waals surface area (Å²) in [7, 11) is 0. The van der Waals surface area contributed by atoms with Gasteiger partial charge in [0.15, 0.2) is 0 Å². The van der Waals surface area contributed by atoms with Gasteiger partial charge in [0.05, 0.1) is 12.2 Å². The number of rotatable bonds is 6. The van der Waals surface area contributed by atoms with Gasteiger partial charge < -0.3 is 14.2 Å². The Morgan fingerprint density at radius 1 is 1.19 bits per heavy atom. The Hall–Kier alpha value is -3.36. The zero-order chi connectivity index (χ0) is 22.0. The predicted octanol–water partition coefficient (Wildman–Crippen LogP) is 5.02. The van der Waals surface area contributed by atoms with Crippen LogP contribution in [0.1, 0.15) is 42.8 Å². The number of amides is 1. The Labute approximate surface area is 176 Å². The van der Waals surface area contributed by atoms with Crippen molar-refractivity contribution in [3.8, 4) is 17.1 Å². The molecule has 2 heterocycles. The van der Waals surface area contributed by atoms with Crippen molar-refractivity contribution in [2.45, 2.75) is 38.5 Å². The number of benzene rings is 2. The highest BCUT2D eigenvalue weighted by molar-refractivity contribution is 5.78. The lowest BCUT2D eigenvalue weighted by Gasteiger charge is -2.22. The Kier molecular flexibility index (Phi) is 5.67. The largest absolute Gasteiger partial charge is 0.494 e. The molecule has 9 heteroatoms. The Morgan fingerprint density at radius 3 is 2.68 bits per heavy atom. The van der Waals surface area contributed by atoms with Gasteiger partial charge in [0.1, 0.15) is 11.8 Å². The lowest BCUT2D eigenvalue weighted by atomic mass is 10.1. The molecule has 1 saturated heterocycles. The molecule has 4 rings (SSSR count). The average Bonchev–Trinajstić information content (AvgIpc) is 3.36. The summed E-state index contributed by atoms with van der Waals surface area (Å²) in [6.45, 7) is 2.49. The summed E-state index contributed by atoms with van der Waals surface area (Å²) in [5, 5.41) is 4.01. The van der Waals surface area contributed by atoms with E-state index in [1.165, 1.54) is 11.0 Å². The molecule has 3 aromatic rings. The van der Waals surface area contributed by atoms with E-state index < -0.39 is 17.8 Å². The topological polar surface area (TPSA) is 68.5 Å². The van der Waals surface area contributed by atoms with Crippen molar-refractivity contribution >= 4 is 5.91 Å². The van der Waals surface area contributed by atoms with Crippen LogP contribution in [-0.4, -0.2) is 27.6 Å². The van der Waals surface area contributed by atoms with Crippen molar-refractivity contribution in [1.82, 2.24) is 15.0 Å². The molecule has 1 unspecified atom stereocenters. The summed E-state index contributed by atoms with van der Waals surface area (Å²) in [5.41, 5.74) is 0.373. The summed E-state index contributed by atoms with van der Waals surface area (Å²) in [6.07, 6.45) is -3.71. The minimum atomic E-state index is -4.44. The standard InChI is InChI=1S/C22H20F3N3O3/c1-2-30-17-8-6-15(7-9-17)20-26-21(31-27-20)18-10-11-19(29)28(18)13-14-4-3-5-16(12-14)22(23,24)25/h3-9,12,18H,2,10-11,13H2,1H3. The Morgan fingerprint density at radius 2 is 1.97 bits per heavy atom. The number of likely N-dealkylation sites (tertiary alicyclic amines) is 1. The number of nitrogens with zero attached hydrogens (tertiary/aromatic N) is 3. The van der Waals surface area contributed by atoms with Gasteiger partial charge in [-0.15, -0.1) is 0 Å². The van der Waals surface area contributed by atoms with Crippen LogP contribution in [0.3, 0.4) is 0 Å². The second-order valence-electron chi connectivity index (χ2n) is 7.19. The fourth-order valence-corrected chi connectivity index (χ4v) is 3.59. The third-order valence-corrected chi connectivity index (χ3v) is 5.09. The summed E-state index contributed by atoms with van der Waals surface area (Å²) >= 11 is 0. The monoisotopic (exact) mass is 431 g/mol. The number of ether oxygens (including phenoxy) is 1. The predicted molar refractivity (Wildman–Crippen MR) is 105 cm³/mol. The van der Waals surface area contributed by atoms with Gasteiger partial charge in [-0.3, -0.25) is 4.79 Å². The maximum Gasteiger partial charge on any atom is 0.416 e. The van der Waals surface area contributed by atoms with Crippen molar-refractivity contribution in [2.75, 3.05) is 6.61 Å². The molecule has 1 aromatic heterocycles. The minimum Gasteiger partial charge on any atom is -0.494 e. The minimum absolute atomic E-state index is 0.0359. The summed E-state index contributed by atoms with van der Waals surface area (Å²) < 4.78 is 49.9. The first-order chi connectivity index (χ1) is 14.8. The molecule has 0 radical (unpaired) electrons. The molecule has 162 valence electrons. The van der Waals surface area contributed by atoms with Gasteiger partial charge in [-0.1, -0.05) is 17.3 Å². The normalized spacial score (nSPS) is 16.7. The van der Waals surface area contributed by atoms with Gasteiger partial charge in [0.25, 0.3) is 0 Å². The van der Waals surface area contributed by atoms with E-state index in [1.54, 1.807) is 30.3 Å². The fourth-order valence-electron chi connectivity index (χ4n) is 3.59. The van der Waals surface area contributed by atoms with Crippen LogP contribution in [0.4, 0.5) is 13.2 Å². The number of carbonyl (C=O) groups excluding carboxylic acids is 1. The van der Waals surface area contributed by atoms with Crippen molar-refractivity contribution in [1.29, 1.82) is 0 Å². The number of hydrogen-bond donors (Lipinski definition) is 0. The van der Waals surface area contributed by atoms with Crippen LogP contribution in [0.25, 0.3) is 11.4 Å². The van der Waals surface area contributed by atoms with Crippen LogP contribution >= 0.6 is 0 Å². The van der Waals surface area contributed by atoms with Gasteiger partial charge in [-0.2, -0.15) is 18.2 Å². The third-order valence-electron chi connectivity index (χ3n) is 5.09. The van der Waals surface area contributed by atoms with Gasteiger partial charge in [0, 0.05) is 18.5 Å². The van der Waals surface area contributed by atoms with Crippen molar-refractivity contribution in [2.24, 2.45) is 0 Å². The molecule has 1 atom stereocenters. The van der Waals surface area contributed by atoms with E-state index in [0.717, 1.165) is 23.4 Å². The van der Waals surface area contributed by atoms with Gasteiger partial charge in [-0.25, -0.2) is 0 Å². The number of aromatic nitrogens is 2. The summed E-state index contributed by atoms with van der Waals surface area (Å²) in [5.74, 6) is 1.20. The highest BCUT2D eigenvalue weighted by Crippen LogP contribution is 2.35. The molecule has 1 aliphatic heterocycles. The van der Waals surface area contributed by atoms with E-state index in [4.69, 9.17) is 9.26 Å². The molecular formula is C22H20F3N3O3. The van der Waals surface area contributed by atoms with Crippen molar-refractivity contribution in [3.05, 3.63) is 65.5 Å². The average molecular weight is 431 g/mol. The number of hydrogen-bond acceptors (Lipinski definition) is 5. The van der Waals surface area contributed by atoms with Crippen LogP contribution in [0.15, 0.2) is 53.1 Å². The molecule has 1 aliphatic rings. The highest BCUT2D eigenvalue weighted by Gasteiger charge is 2.36. The molecule has 6 nitrogen and oxygen atoms in total. The molecular weight excluding hydrogens is 411 g/mol. The van der Waals surface area contributed by atoms with E-state index in [0.29, 0.717) is 24.4 Å². The maximum absolute atomic E-state index is 13.0. The Bertz CT molecular complexity index is 1060. The molecule has 1 fully saturated rings. The van der Waals surface area contributed by atoms with Crippen LogP contribution in [0, 0.1) is 0 Å². The number of alkyl halides is 3. The molecule has 1 amide bonds. The Balaban J connectivity index is 1.54. The lowest BCUT2D eigenvalue weighted by Crippen LogP contribution is -2.27. The zero-order valence-corrected chi connectivity index (χ0v) is 16.7.